The number of hydrogen-bond donors (Lipinski definition) is 3. The van der Waals surface area contributed by atoms with Gasteiger partial charge in [0, 0.05) is 40.0 Å². The first-order chi connectivity index (χ1) is 21.5. The van der Waals surface area contributed by atoms with Crippen LogP contribution < -0.4 is 4.74 Å². The molecule has 0 radical (unpaired) electrons. The summed E-state index contributed by atoms with van der Waals surface area (Å²) in [5.41, 5.74) is 2.36. The van der Waals surface area contributed by atoms with E-state index in [-0.39, 0.29) is 0 Å². The number of nitrogens with zero attached hydrogens (tertiary/aromatic N) is 2. The maximum absolute atomic E-state index is 13.0. The van der Waals surface area contributed by atoms with Gasteiger partial charge in [0.15, 0.2) is 0 Å². The van der Waals surface area contributed by atoms with E-state index < -0.39 is 23.5 Å². The number of pyridine rings is 1. The van der Waals surface area contributed by atoms with Crippen LogP contribution in [0.25, 0.3) is 21.7 Å². The van der Waals surface area contributed by atoms with Gasteiger partial charge in [-0.1, -0.05) is 88.7 Å². The fourth-order valence-corrected chi connectivity index (χ4v) is 5.83. The summed E-state index contributed by atoms with van der Waals surface area (Å²) in [6.45, 7) is 0.706. The Morgan fingerprint density at radius 1 is 0.889 bits per heavy atom. The van der Waals surface area contributed by atoms with Crippen molar-refractivity contribution < 1.29 is 29.6 Å². The highest BCUT2D eigenvalue weighted by Crippen LogP contribution is 2.49. The van der Waals surface area contributed by atoms with Crippen molar-refractivity contribution in [2.75, 3.05) is 27.7 Å². The number of aliphatic hydroxyl groups is 1. The molecule has 4 aromatic carbocycles. The van der Waals surface area contributed by atoms with Crippen LogP contribution in [0, 0.1) is 0 Å². The minimum Gasteiger partial charge on any atom is -0.481 e. The molecule has 9 heteroatoms. The highest BCUT2D eigenvalue weighted by atomic mass is 79.9. The molecule has 0 bridgehead atoms. The van der Waals surface area contributed by atoms with Gasteiger partial charge in [-0.2, -0.15) is 0 Å². The Bertz CT molecular complexity index is 1800. The minimum absolute atomic E-state index is 0.426. The lowest BCUT2D eigenvalue weighted by molar-refractivity contribution is -0.134. The fraction of sp³-hybridized carbons (Fsp3) is 0.194. The highest BCUT2D eigenvalue weighted by molar-refractivity contribution is 9.10. The number of hydrogen-bond acceptors (Lipinski definition) is 6. The lowest BCUT2D eigenvalue weighted by atomic mass is 9.70. The highest BCUT2D eigenvalue weighted by Gasteiger charge is 2.43. The zero-order valence-corrected chi connectivity index (χ0v) is 26.8. The Hall–Kier alpha value is -4.57. The summed E-state index contributed by atoms with van der Waals surface area (Å²) >= 11 is 3.60. The number of benzene rings is 4. The van der Waals surface area contributed by atoms with E-state index in [0.29, 0.717) is 31.0 Å². The molecular formula is C36H35BrN2O6. The molecule has 3 N–H and O–H groups in total. The third kappa shape index (κ3) is 8.13. The maximum Gasteiger partial charge on any atom is 0.328 e. The van der Waals surface area contributed by atoms with Crippen LogP contribution in [0.5, 0.6) is 5.88 Å². The third-order valence-electron chi connectivity index (χ3n) is 7.45. The van der Waals surface area contributed by atoms with Gasteiger partial charge in [-0.15, -0.1) is 0 Å². The molecule has 0 saturated carbocycles. The molecule has 0 aliphatic heterocycles. The molecular weight excluding hydrogens is 636 g/mol. The Kier molecular flexibility index (Phi) is 11.1. The first kappa shape index (κ1) is 33.3. The molecule has 0 unspecified atom stereocenters. The molecule has 0 saturated heterocycles. The van der Waals surface area contributed by atoms with Gasteiger partial charge in [0.1, 0.15) is 5.60 Å². The molecule has 0 aliphatic carbocycles. The second-order valence-corrected chi connectivity index (χ2v) is 11.7. The van der Waals surface area contributed by atoms with Crippen molar-refractivity contribution in [1.82, 2.24) is 9.88 Å². The largest absolute Gasteiger partial charge is 0.481 e. The molecule has 232 valence electrons. The second-order valence-electron chi connectivity index (χ2n) is 10.8. The Labute approximate surface area is 270 Å². The lowest BCUT2D eigenvalue weighted by Crippen LogP contribution is -2.38. The molecule has 2 atom stereocenters. The van der Waals surface area contributed by atoms with E-state index in [9.17, 15) is 14.7 Å². The lowest BCUT2D eigenvalue weighted by Gasteiger charge is -2.39. The zero-order chi connectivity index (χ0) is 32.6. The number of rotatable bonds is 10. The second kappa shape index (κ2) is 14.9. The number of methoxy groups -OCH3 is 1. The summed E-state index contributed by atoms with van der Waals surface area (Å²) in [5, 5.41) is 31.8. The number of aromatic nitrogens is 1. The van der Waals surface area contributed by atoms with E-state index in [1.165, 1.54) is 0 Å². The number of aliphatic carboxylic acids is 2. The van der Waals surface area contributed by atoms with Crippen LogP contribution in [0.1, 0.15) is 29.0 Å². The Morgan fingerprint density at radius 3 is 2.18 bits per heavy atom. The van der Waals surface area contributed by atoms with Crippen LogP contribution in [0.4, 0.5) is 0 Å². The minimum atomic E-state index is -1.26. The fourth-order valence-electron chi connectivity index (χ4n) is 5.45. The quantitative estimate of drug-likeness (QED) is 0.138. The molecule has 45 heavy (non-hydrogen) atoms. The number of fused-ring (bicyclic) bond motifs is 2. The van der Waals surface area contributed by atoms with E-state index in [1.807, 2.05) is 62.6 Å². The van der Waals surface area contributed by atoms with Gasteiger partial charge in [-0.05, 0) is 66.7 Å². The van der Waals surface area contributed by atoms with Crippen molar-refractivity contribution in [2.24, 2.45) is 0 Å². The van der Waals surface area contributed by atoms with Gasteiger partial charge in [0.25, 0.3) is 0 Å². The van der Waals surface area contributed by atoms with E-state index in [0.717, 1.165) is 42.8 Å². The number of carboxylic acids is 2. The van der Waals surface area contributed by atoms with Crippen molar-refractivity contribution >= 4 is 49.5 Å². The predicted octanol–water partition coefficient (Wildman–Crippen LogP) is 6.84. The maximum atomic E-state index is 13.0. The monoisotopic (exact) mass is 670 g/mol. The first-order valence-corrected chi connectivity index (χ1v) is 15.0. The summed E-state index contributed by atoms with van der Waals surface area (Å²) in [6, 6.07) is 32.8. The van der Waals surface area contributed by atoms with E-state index in [4.69, 9.17) is 19.9 Å². The summed E-state index contributed by atoms with van der Waals surface area (Å²) < 4.78 is 6.86. The van der Waals surface area contributed by atoms with Crippen LogP contribution in [-0.4, -0.2) is 64.9 Å². The molecule has 0 aliphatic rings. The van der Waals surface area contributed by atoms with E-state index >= 15 is 0 Å². The molecule has 0 amide bonds. The van der Waals surface area contributed by atoms with Crippen LogP contribution in [0.2, 0.25) is 0 Å². The SMILES string of the molecule is COc1nc2ccc(Br)cc2cc1[C@@H](c1ccccc1)[C@@](O)(CCN(C)C)c1cccc2ccccc12.O=C(O)/C=C/C(=O)O. The average Bonchev–Trinajstić information content (AvgIpc) is 3.03. The van der Waals surface area contributed by atoms with Crippen LogP contribution in [0.15, 0.2) is 114 Å². The summed E-state index contributed by atoms with van der Waals surface area (Å²) in [7, 11) is 5.73. The molecule has 5 rings (SSSR count). The van der Waals surface area contributed by atoms with Crippen molar-refractivity contribution in [3.05, 3.63) is 130 Å². The van der Waals surface area contributed by atoms with Crippen LogP contribution >= 0.6 is 15.9 Å². The number of carbonyl (C=O) groups is 2. The van der Waals surface area contributed by atoms with Gasteiger partial charge in [-0.25, -0.2) is 14.6 Å². The number of carboxylic acid groups (broad SMARTS) is 2. The van der Waals surface area contributed by atoms with E-state index in [1.54, 1.807) is 7.11 Å². The van der Waals surface area contributed by atoms with Crippen LogP contribution in [-0.2, 0) is 15.2 Å². The normalized spacial score (nSPS) is 13.3. The van der Waals surface area contributed by atoms with Gasteiger partial charge in [-0.3, -0.25) is 0 Å². The molecule has 0 fully saturated rings. The number of halogens is 1. The smallest absolute Gasteiger partial charge is 0.328 e. The molecule has 0 spiro atoms. The summed E-state index contributed by atoms with van der Waals surface area (Å²) in [5.74, 6) is -2.42. The molecule has 1 aromatic heterocycles. The number of ether oxygens (including phenoxy) is 1. The van der Waals surface area contributed by atoms with Crippen LogP contribution in [0.3, 0.4) is 0 Å². The summed E-state index contributed by atoms with van der Waals surface area (Å²) in [6.07, 6.45) is 1.64. The predicted molar refractivity (Wildman–Crippen MR) is 180 cm³/mol. The van der Waals surface area contributed by atoms with Gasteiger partial charge < -0.3 is 25.0 Å². The van der Waals surface area contributed by atoms with Gasteiger partial charge in [0.2, 0.25) is 5.88 Å². The third-order valence-corrected chi connectivity index (χ3v) is 7.94. The first-order valence-electron chi connectivity index (χ1n) is 14.2. The molecule has 8 nitrogen and oxygen atoms in total. The average molecular weight is 672 g/mol. The Morgan fingerprint density at radius 2 is 1.53 bits per heavy atom. The summed E-state index contributed by atoms with van der Waals surface area (Å²) in [4.78, 5) is 26.1. The van der Waals surface area contributed by atoms with Crippen molar-refractivity contribution in [1.29, 1.82) is 0 Å². The Balaban J connectivity index is 0.000000510. The van der Waals surface area contributed by atoms with Crippen molar-refractivity contribution in [2.45, 2.75) is 17.9 Å². The van der Waals surface area contributed by atoms with Crippen molar-refractivity contribution in [3.8, 4) is 5.88 Å². The van der Waals surface area contributed by atoms with Gasteiger partial charge >= 0.3 is 11.9 Å². The molecule has 5 aromatic rings. The molecule has 1 heterocycles. The topological polar surface area (TPSA) is 120 Å². The van der Waals surface area contributed by atoms with Crippen molar-refractivity contribution in [3.63, 3.8) is 0 Å². The van der Waals surface area contributed by atoms with Gasteiger partial charge in [0.05, 0.1) is 12.6 Å². The van der Waals surface area contributed by atoms with E-state index in [2.05, 4.69) is 69.4 Å². The zero-order valence-electron chi connectivity index (χ0n) is 25.2. The standard InChI is InChI=1S/C32H31BrN2O2.C4H4O4/c1-35(2)19-18-32(36,28-15-9-13-22-10-7-8-14-26(22)28)30(23-11-5-4-6-12-23)27-21-24-20-25(33)16-17-29(24)34-31(27)37-3;5-3(6)1-2-4(7)8/h4-17,20-21,30,36H,18-19H2,1-3H3;1-2H,(H,5,6)(H,7,8)/b;2-1+/t30-,32-;/m1./s1.